The van der Waals surface area contributed by atoms with E-state index in [1.807, 2.05) is 31.2 Å². The third-order valence-corrected chi connectivity index (χ3v) is 4.63. The van der Waals surface area contributed by atoms with Gasteiger partial charge >= 0.3 is 0 Å². The zero-order valence-corrected chi connectivity index (χ0v) is 12.9. The van der Waals surface area contributed by atoms with E-state index in [0.717, 1.165) is 24.1 Å². The Kier molecular flexibility index (Phi) is 4.43. The van der Waals surface area contributed by atoms with Gasteiger partial charge in [-0.2, -0.15) is 0 Å². The van der Waals surface area contributed by atoms with Crippen LogP contribution in [0, 0.1) is 6.92 Å². The smallest absolute Gasteiger partial charge is 0.237 e. The average molecular weight is 301 g/mol. The summed E-state index contributed by atoms with van der Waals surface area (Å²) in [6.45, 7) is 1.95. The average Bonchev–Trinajstić information content (AvgIpc) is 2.50. The molecule has 1 aromatic rings. The first-order valence-electron chi connectivity index (χ1n) is 8.05. The van der Waals surface area contributed by atoms with Crippen molar-refractivity contribution >= 4 is 17.5 Å². The van der Waals surface area contributed by atoms with Crippen molar-refractivity contribution < 1.29 is 9.59 Å². The Labute approximate surface area is 130 Å². The fraction of sp³-hybridized carbons (Fsp3) is 0.529. The lowest BCUT2D eigenvalue weighted by atomic mass is 9.87. The van der Waals surface area contributed by atoms with Crippen LogP contribution in [0.15, 0.2) is 24.3 Å². The molecule has 1 saturated carbocycles. The largest absolute Gasteiger partial charge is 0.350 e. The van der Waals surface area contributed by atoms with Gasteiger partial charge in [0.25, 0.3) is 0 Å². The Morgan fingerprint density at radius 1 is 1.23 bits per heavy atom. The second-order valence-corrected chi connectivity index (χ2v) is 6.29. The molecule has 1 saturated heterocycles. The predicted molar refractivity (Wildman–Crippen MR) is 85.5 cm³/mol. The molecule has 0 unspecified atom stereocenters. The summed E-state index contributed by atoms with van der Waals surface area (Å²) in [6.07, 6.45) is 4.63. The van der Waals surface area contributed by atoms with Crippen molar-refractivity contribution in [3.63, 3.8) is 0 Å². The van der Waals surface area contributed by atoms with Gasteiger partial charge in [0.1, 0.15) is 0 Å². The van der Waals surface area contributed by atoms with Gasteiger partial charge in [0.15, 0.2) is 0 Å². The van der Waals surface area contributed by atoms with Crippen LogP contribution < -0.4 is 16.0 Å². The highest BCUT2D eigenvalue weighted by atomic mass is 16.2. The second kappa shape index (κ2) is 6.48. The molecular formula is C17H23N3O2. The molecule has 3 N–H and O–H groups in total. The van der Waals surface area contributed by atoms with Gasteiger partial charge in [-0.3, -0.25) is 9.59 Å². The topological polar surface area (TPSA) is 70.2 Å². The van der Waals surface area contributed by atoms with Gasteiger partial charge in [0.2, 0.25) is 11.8 Å². The molecule has 5 heteroatoms. The quantitative estimate of drug-likeness (QED) is 0.796. The van der Waals surface area contributed by atoms with E-state index >= 15 is 0 Å². The highest BCUT2D eigenvalue weighted by molar-refractivity contribution is 5.96. The van der Waals surface area contributed by atoms with Gasteiger partial charge in [0.05, 0.1) is 12.5 Å². The molecule has 2 amide bonds. The van der Waals surface area contributed by atoms with Crippen LogP contribution >= 0.6 is 0 Å². The first-order chi connectivity index (χ1) is 10.6. The zero-order valence-electron chi connectivity index (χ0n) is 12.9. The summed E-state index contributed by atoms with van der Waals surface area (Å²) in [5.41, 5.74) is 1.82. The van der Waals surface area contributed by atoms with Gasteiger partial charge < -0.3 is 16.0 Å². The van der Waals surface area contributed by atoms with E-state index in [4.69, 9.17) is 0 Å². The Bertz CT molecular complexity index is 573. The SMILES string of the molecule is Cc1ccccc1NC(=O)C[C@H]1N[C@H]2CCCC[C@H]2NC1=O. The number of aryl methyl sites for hydroxylation is 1. The summed E-state index contributed by atoms with van der Waals surface area (Å²) in [4.78, 5) is 24.4. The third-order valence-electron chi connectivity index (χ3n) is 4.63. The monoisotopic (exact) mass is 301 g/mol. The summed E-state index contributed by atoms with van der Waals surface area (Å²) < 4.78 is 0. The number of para-hydroxylation sites is 1. The molecule has 0 aromatic heterocycles. The zero-order chi connectivity index (χ0) is 15.5. The summed E-state index contributed by atoms with van der Waals surface area (Å²) in [6, 6.07) is 7.76. The highest BCUT2D eigenvalue weighted by Gasteiger charge is 2.36. The summed E-state index contributed by atoms with van der Waals surface area (Å²) >= 11 is 0. The standard InChI is InChI=1S/C17H23N3O2/c1-11-6-2-3-7-12(11)19-16(21)10-15-17(22)20-14-9-5-4-8-13(14)18-15/h2-3,6-7,13-15,18H,4-5,8-10H2,1H3,(H,19,21)(H,20,22)/t13-,14+,15+/m0/s1. The van der Waals surface area contributed by atoms with Crippen LogP contribution in [-0.2, 0) is 9.59 Å². The van der Waals surface area contributed by atoms with Crippen molar-refractivity contribution in [2.45, 2.75) is 57.2 Å². The van der Waals surface area contributed by atoms with E-state index in [9.17, 15) is 9.59 Å². The Hall–Kier alpha value is -1.88. The molecule has 3 rings (SSSR count). The Morgan fingerprint density at radius 2 is 1.95 bits per heavy atom. The fourth-order valence-electron chi connectivity index (χ4n) is 3.37. The van der Waals surface area contributed by atoms with Crippen LogP contribution in [-0.4, -0.2) is 29.9 Å². The van der Waals surface area contributed by atoms with E-state index < -0.39 is 6.04 Å². The van der Waals surface area contributed by atoms with E-state index in [1.54, 1.807) is 0 Å². The molecular weight excluding hydrogens is 278 g/mol. The number of carbonyl (C=O) groups excluding carboxylic acids is 2. The lowest BCUT2D eigenvalue weighted by Gasteiger charge is -2.40. The van der Waals surface area contributed by atoms with Crippen molar-refractivity contribution in [3.05, 3.63) is 29.8 Å². The molecule has 2 aliphatic rings. The molecule has 0 spiro atoms. The Balaban J connectivity index is 1.59. The number of anilines is 1. The molecule has 118 valence electrons. The lowest BCUT2D eigenvalue weighted by molar-refractivity contribution is -0.129. The number of amides is 2. The van der Waals surface area contributed by atoms with Crippen LogP contribution in [0.5, 0.6) is 0 Å². The normalized spacial score (nSPS) is 27.7. The van der Waals surface area contributed by atoms with E-state index in [2.05, 4.69) is 16.0 Å². The summed E-state index contributed by atoms with van der Waals surface area (Å²) in [7, 11) is 0. The van der Waals surface area contributed by atoms with E-state index in [0.29, 0.717) is 6.04 Å². The molecule has 0 bridgehead atoms. The van der Waals surface area contributed by atoms with Gasteiger partial charge in [-0.05, 0) is 31.4 Å². The van der Waals surface area contributed by atoms with Gasteiger partial charge in [0, 0.05) is 17.8 Å². The van der Waals surface area contributed by atoms with Crippen molar-refractivity contribution in [1.82, 2.24) is 10.6 Å². The van der Waals surface area contributed by atoms with Crippen molar-refractivity contribution in [2.24, 2.45) is 0 Å². The third kappa shape index (κ3) is 3.30. The van der Waals surface area contributed by atoms with Gasteiger partial charge in [-0.15, -0.1) is 0 Å². The molecule has 0 radical (unpaired) electrons. The molecule has 22 heavy (non-hydrogen) atoms. The number of carbonyl (C=O) groups is 2. The Morgan fingerprint density at radius 3 is 2.73 bits per heavy atom. The molecule has 2 fully saturated rings. The van der Waals surface area contributed by atoms with Crippen LogP contribution in [0.4, 0.5) is 5.69 Å². The molecule has 3 atom stereocenters. The van der Waals surface area contributed by atoms with Crippen molar-refractivity contribution in [3.8, 4) is 0 Å². The van der Waals surface area contributed by atoms with Crippen LogP contribution in [0.1, 0.15) is 37.7 Å². The van der Waals surface area contributed by atoms with Crippen LogP contribution in [0.3, 0.4) is 0 Å². The molecule has 1 aromatic carbocycles. The van der Waals surface area contributed by atoms with Crippen molar-refractivity contribution in [1.29, 1.82) is 0 Å². The number of piperazine rings is 1. The second-order valence-electron chi connectivity index (χ2n) is 6.29. The fourth-order valence-corrected chi connectivity index (χ4v) is 3.37. The highest BCUT2D eigenvalue weighted by Crippen LogP contribution is 2.22. The van der Waals surface area contributed by atoms with Crippen LogP contribution in [0.2, 0.25) is 0 Å². The predicted octanol–water partition coefficient (Wildman–Crippen LogP) is 1.72. The number of hydrogen-bond acceptors (Lipinski definition) is 3. The van der Waals surface area contributed by atoms with E-state index in [1.165, 1.54) is 12.8 Å². The maximum Gasteiger partial charge on any atom is 0.237 e. The van der Waals surface area contributed by atoms with Crippen LogP contribution in [0.25, 0.3) is 0 Å². The van der Waals surface area contributed by atoms with Gasteiger partial charge in [-0.1, -0.05) is 31.0 Å². The minimum Gasteiger partial charge on any atom is -0.350 e. The first kappa shape index (κ1) is 15.0. The number of nitrogens with one attached hydrogen (secondary N) is 3. The number of rotatable bonds is 3. The minimum atomic E-state index is -0.427. The molecule has 1 aliphatic carbocycles. The lowest BCUT2D eigenvalue weighted by Crippen LogP contribution is -2.65. The molecule has 1 aliphatic heterocycles. The van der Waals surface area contributed by atoms with Gasteiger partial charge in [-0.25, -0.2) is 0 Å². The molecule has 1 heterocycles. The van der Waals surface area contributed by atoms with Crippen molar-refractivity contribution in [2.75, 3.05) is 5.32 Å². The molecule has 5 nitrogen and oxygen atoms in total. The number of fused-ring (bicyclic) bond motifs is 1. The number of benzene rings is 1. The number of hydrogen-bond donors (Lipinski definition) is 3. The summed E-state index contributed by atoms with van der Waals surface area (Å²) in [5, 5.41) is 9.32. The maximum atomic E-state index is 12.2. The van der Waals surface area contributed by atoms with E-state index in [-0.39, 0.29) is 24.3 Å². The minimum absolute atomic E-state index is 0.0527. The first-order valence-corrected chi connectivity index (χ1v) is 8.05. The maximum absolute atomic E-state index is 12.2. The summed E-state index contributed by atoms with van der Waals surface area (Å²) in [5.74, 6) is -0.181.